The van der Waals surface area contributed by atoms with Crippen LogP contribution in [0.15, 0.2) is 35.4 Å². The number of primary sulfonamides is 1. The molecular weight excluding hydrogens is 292 g/mol. The minimum atomic E-state index is -3.88. The molecule has 0 aliphatic rings. The Hall–Kier alpha value is -1.90. The first-order valence-electron chi connectivity index (χ1n) is 5.01. The second kappa shape index (κ2) is 5.00. The van der Waals surface area contributed by atoms with Gasteiger partial charge < -0.3 is 5.32 Å². The van der Waals surface area contributed by atoms with Crippen LogP contribution in [0.2, 0.25) is 5.02 Å². The molecule has 1 aromatic carbocycles. The lowest BCUT2D eigenvalue weighted by molar-refractivity contribution is 0.102. The first-order chi connectivity index (χ1) is 8.88. The third kappa shape index (κ3) is 3.11. The van der Waals surface area contributed by atoms with Crippen LogP contribution < -0.4 is 10.5 Å². The van der Waals surface area contributed by atoms with E-state index in [2.05, 4.69) is 15.5 Å². The highest BCUT2D eigenvalue weighted by molar-refractivity contribution is 7.89. The molecule has 1 aromatic heterocycles. The summed E-state index contributed by atoms with van der Waals surface area (Å²) in [7, 11) is -3.88. The second-order valence-electron chi connectivity index (χ2n) is 3.61. The SMILES string of the molecule is NS(=O)(=O)c1ccc(NC(=O)c2ccn[nH]2)cc1Cl. The van der Waals surface area contributed by atoms with Gasteiger partial charge in [0.15, 0.2) is 0 Å². The molecule has 0 radical (unpaired) electrons. The van der Waals surface area contributed by atoms with Crippen molar-refractivity contribution in [2.45, 2.75) is 4.90 Å². The van der Waals surface area contributed by atoms with E-state index in [9.17, 15) is 13.2 Å². The monoisotopic (exact) mass is 300 g/mol. The lowest BCUT2D eigenvalue weighted by Gasteiger charge is -2.06. The zero-order valence-corrected chi connectivity index (χ0v) is 11.0. The number of benzene rings is 1. The highest BCUT2D eigenvalue weighted by Gasteiger charge is 2.14. The molecule has 0 spiro atoms. The molecule has 1 heterocycles. The van der Waals surface area contributed by atoms with Gasteiger partial charge in [-0.1, -0.05) is 11.6 Å². The lowest BCUT2D eigenvalue weighted by Crippen LogP contribution is -2.14. The number of aromatic nitrogens is 2. The van der Waals surface area contributed by atoms with Gasteiger partial charge in [0.1, 0.15) is 10.6 Å². The van der Waals surface area contributed by atoms with E-state index in [1.807, 2.05) is 0 Å². The molecule has 0 bridgehead atoms. The Balaban J connectivity index is 2.24. The summed E-state index contributed by atoms with van der Waals surface area (Å²) in [4.78, 5) is 11.5. The minimum absolute atomic E-state index is 0.0649. The average molecular weight is 301 g/mol. The molecule has 2 rings (SSSR count). The molecule has 4 N–H and O–H groups in total. The first kappa shape index (κ1) is 13.5. The van der Waals surface area contributed by atoms with E-state index < -0.39 is 15.9 Å². The Bertz CT molecular complexity index is 712. The largest absolute Gasteiger partial charge is 0.321 e. The predicted octanol–water partition coefficient (Wildman–Crippen LogP) is 0.963. The average Bonchev–Trinajstić information content (AvgIpc) is 2.80. The van der Waals surface area contributed by atoms with Crippen LogP contribution >= 0.6 is 11.6 Å². The summed E-state index contributed by atoms with van der Waals surface area (Å²) in [6.07, 6.45) is 1.44. The second-order valence-corrected chi connectivity index (χ2v) is 5.55. The Morgan fingerprint density at radius 3 is 2.63 bits per heavy atom. The van der Waals surface area contributed by atoms with Crippen LogP contribution in [0.1, 0.15) is 10.5 Å². The van der Waals surface area contributed by atoms with Gasteiger partial charge in [0, 0.05) is 11.9 Å². The van der Waals surface area contributed by atoms with Crippen molar-refractivity contribution in [3.05, 3.63) is 41.2 Å². The molecule has 2 aromatic rings. The van der Waals surface area contributed by atoms with Crippen molar-refractivity contribution in [3.8, 4) is 0 Å². The van der Waals surface area contributed by atoms with Crippen molar-refractivity contribution in [3.63, 3.8) is 0 Å². The quantitative estimate of drug-likeness (QED) is 0.782. The van der Waals surface area contributed by atoms with Gasteiger partial charge in [-0.15, -0.1) is 0 Å². The van der Waals surface area contributed by atoms with Gasteiger partial charge >= 0.3 is 0 Å². The van der Waals surface area contributed by atoms with Crippen LogP contribution in [0.25, 0.3) is 0 Å². The van der Waals surface area contributed by atoms with Crippen LogP contribution in [-0.4, -0.2) is 24.5 Å². The Morgan fingerprint density at radius 1 is 1.37 bits per heavy atom. The minimum Gasteiger partial charge on any atom is -0.321 e. The molecule has 9 heteroatoms. The third-order valence-corrected chi connectivity index (χ3v) is 3.64. The maximum Gasteiger partial charge on any atom is 0.273 e. The Kier molecular flexibility index (Phi) is 3.56. The van der Waals surface area contributed by atoms with Crippen molar-refractivity contribution in [2.75, 3.05) is 5.32 Å². The van der Waals surface area contributed by atoms with Crippen molar-refractivity contribution >= 4 is 33.2 Å². The number of aromatic amines is 1. The first-order valence-corrected chi connectivity index (χ1v) is 6.93. The summed E-state index contributed by atoms with van der Waals surface area (Å²) in [5.74, 6) is -0.420. The molecule has 0 saturated heterocycles. The molecule has 0 aliphatic carbocycles. The maximum atomic E-state index is 11.7. The lowest BCUT2D eigenvalue weighted by atomic mass is 10.3. The number of anilines is 1. The van der Waals surface area contributed by atoms with Gasteiger partial charge in [-0.05, 0) is 24.3 Å². The van der Waals surface area contributed by atoms with E-state index in [0.717, 1.165) is 0 Å². The van der Waals surface area contributed by atoms with Gasteiger partial charge in [-0.3, -0.25) is 9.89 Å². The molecule has 100 valence electrons. The molecule has 0 atom stereocenters. The van der Waals surface area contributed by atoms with E-state index in [1.54, 1.807) is 0 Å². The molecule has 1 amide bonds. The summed E-state index contributed by atoms with van der Waals surface area (Å²) in [6, 6.07) is 5.41. The zero-order valence-electron chi connectivity index (χ0n) is 9.42. The predicted molar refractivity (Wildman–Crippen MR) is 69.4 cm³/mol. The number of amides is 1. The fraction of sp³-hybridized carbons (Fsp3) is 0. The summed E-state index contributed by atoms with van der Waals surface area (Å²) >= 11 is 5.79. The van der Waals surface area contributed by atoms with E-state index >= 15 is 0 Å². The smallest absolute Gasteiger partial charge is 0.273 e. The molecule has 19 heavy (non-hydrogen) atoms. The fourth-order valence-electron chi connectivity index (χ4n) is 1.39. The van der Waals surface area contributed by atoms with Crippen LogP contribution in [0.4, 0.5) is 5.69 Å². The number of halogens is 1. The number of carbonyl (C=O) groups is 1. The van der Waals surface area contributed by atoms with Crippen LogP contribution in [0.3, 0.4) is 0 Å². The summed E-state index contributed by atoms with van der Waals surface area (Å²) < 4.78 is 22.3. The maximum absolute atomic E-state index is 11.7. The van der Waals surface area contributed by atoms with Crippen LogP contribution in [0, 0.1) is 0 Å². The summed E-state index contributed by atoms with van der Waals surface area (Å²) in [5.41, 5.74) is 0.614. The highest BCUT2D eigenvalue weighted by atomic mass is 35.5. The Morgan fingerprint density at radius 2 is 2.11 bits per heavy atom. The van der Waals surface area contributed by atoms with Gasteiger partial charge in [-0.2, -0.15) is 5.10 Å². The number of nitrogens with one attached hydrogen (secondary N) is 2. The van der Waals surface area contributed by atoms with E-state index in [-0.39, 0.29) is 15.6 Å². The Labute approximate surface area is 113 Å². The van der Waals surface area contributed by atoms with E-state index in [4.69, 9.17) is 16.7 Å². The third-order valence-electron chi connectivity index (χ3n) is 2.24. The molecule has 7 nitrogen and oxygen atoms in total. The normalized spacial score (nSPS) is 11.3. The number of nitrogens with two attached hydrogens (primary N) is 1. The van der Waals surface area contributed by atoms with Gasteiger partial charge in [0.2, 0.25) is 10.0 Å². The fourth-order valence-corrected chi connectivity index (χ4v) is 2.48. The summed E-state index contributed by atoms with van der Waals surface area (Å²) in [6.45, 7) is 0. The molecule has 0 unspecified atom stereocenters. The zero-order chi connectivity index (χ0) is 14.0. The summed E-state index contributed by atoms with van der Waals surface area (Å²) in [5, 5.41) is 13.6. The number of H-pyrrole nitrogens is 1. The number of hydrogen-bond acceptors (Lipinski definition) is 4. The van der Waals surface area contributed by atoms with Gasteiger partial charge in [0.25, 0.3) is 5.91 Å². The van der Waals surface area contributed by atoms with Crippen molar-refractivity contribution in [1.82, 2.24) is 10.2 Å². The van der Waals surface area contributed by atoms with Crippen LogP contribution in [-0.2, 0) is 10.0 Å². The molecule has 0 fully saturated rings. The molecule has 0 aliphatic heterocycles. The van der Waals surface area contributed by atoms with E-state index in [1.165, 1.54) is 30.5 Å². The van der Waals surface area contributed by atoms with Gasteiger partial charge in [-0.25, -0.2) is 13.6 Å². The number of carbonyl (C=O) groups excluding carboxylic acids is 1. The van der Waals surface area contributed by atoms with Gasteiger partial charge in [0.05, 0.1) is 5.02 Å². The van der Waals surface area contributed by atoms with Crippen molar-refractivity contribution in [1.29, 1.82) is 0 Å². The number of rotatable bonds is 3. The molecular formula is C10H9ClN4O3S. The standard InChI is InChI=1S/C10H9ClN4O3S/c11-7-5-6(1-2-9(7)19(12,17)18)14-10(16)8-3-4-13-15-8/h1-5H,(H,13,15)(H,14,16)(H2,12,17,18). The molecule has 0 saturated carbocycles. The topological polar surface area (TPSA) is 118 Å². The van der Waals surface area contributed by atoms with Crippen molar-refractivity contribution in [2.24, 2.45) is 5.14 Å². The number of nitrogens with zero attached hydrogens (tertiary/aromatic N) is 1. The van der Waals surface area contributed by atoms with E-state index in [0.29, 0.717) is 5.69 Å². The van der Waals surface area contributed by atoms with Crippen LogP contribution in [0.5, 0.6) is 0 Å². The number of hydrogen-bond donors (Lipinski definition) is 3. The highest BCUT2D eigenvalue weighted by Crippen LogP contribution is 2.24. The van der Waals surface area contributed by atoms with Crippen molar-refractivity contribution < 1.29 is 13.2 Å². The number of sulfonamides is 1.